The Balaban J connectivity index is 0. The number of nitrogens with one attached hydrogen (secondary N) is 1. The number of hydrogen-bond acceptors (Lipinski definition) is 2. The Kier molecular flexibility index (Phi) is 13.4. The van der Waals surface area contributed by atoms with Gasteiger partial charge in [0.15, 0.2) is 0 Å². The summed E-state index contributed by atoms with van der Waals surface area (Å²) in [4.78, 5) is 0. The molecule has 0 rings (SSSR count). The smallest absolute Gasteiger partial charge is 0.234 e. The first-order chi connectivity index (χ1) is 5.72. The molecular weight excluding hydrogens is 176 g/mol. The summed E-state index contributed by atoms with van der Waals surface area (Å²) < 4.78 is 20.5. The van der Waals surface area contributed by atoms with Gasteiger partial charge < -0.3 is 5.32 Å². The third kappa shape index (κ3) is 8.13. The predicted octanol–water partition coefficient (Wildman–Crippen LogP) is 0.691. The van der Waals surface area contributed by atoms with Crippen molar-refractivity contribution in [2.24, 2.45) is 0 Å². The summed E-state index contributed by atoms with van der Waals surface area (Å²) in [6.45, 7) is 7.80. The van der Waals surface area contributed by atoms with Crippen molar-refractivity contribution < 1.29 is 8.76 Å². The Morgan fingerprint density at radius 2 is 2.00 bits per heavy atom. The highest BCUT2D eigenvalue weighted by Gasteiger charge is 2.05. The Bertz CT molecular complexity index is 112. The first-order valence-corrected chi connectivity index (χ1v) is 5.29. The highest BCUT2D eigenvalue weighted by atomic mass is 32.2. The van der Waals surface area contributed by atoms with Crippen LogP contribution in [0.3, 0.4) is 0 Å². The van der Waals surface area contributed by atoms with E-state index >= 15 is 0 Å². The van der Waals surface area contributed by atoms with Crippen molar-refractivity contribution in [3.63, 3.8) is 0 Å². The fourth-order valence-corrected chi connectivity index (χ4v) is 1.05. The topological polar surface area (TPSA) is 52.6 Å². The molecule has 76 valence electrons. The van der Waals surface area contributed by atoms with Crippen molar-refractivity contribution in [1.29, 1.82) is 0 Å². The van der Waals surface area contributed by atoms with E-state index in [-0.39, 0.29) is 0 Å². The average molecular weight is 196 g/mol. The zero-order valence-electron chi connectivity index (χ0n) is 8.33. The van der Waals surface area contributed by atoms with E-state index in [1.165, 1.54) is 4.31 Å². The molecule has 0 aliphatic rings. The number of rotatable bonds is 5. The van der Waals surface area contributed by atoms with Gasteiger partial charge in [0.25, 0.3) is 0 Å². The first kappa shape index (κ1) is 14.5. The number of likely N-dealkylation sites (N-methyl/N-ethyl adjacent to an activating group) is 2. The van der Waals surface area contributed by atoms with Gasteiger partial charge in [-0.05, 0) is 7.05 Å². The van der Waals surface area contributed by atoms with Crippen LogP contribution in [-0.2, 0) is 11.3 Å². The second-order valence-electron chi connectivity index (χ2n) is 1.86. The van der Waals surface area contributed by atoms with E-state index in [0.717, 1.165) is 6.54 Å². The zero-order chi connectivity index (χ0) is 9.98. The molecule has 1 unspecified atom stereocenters. The van der Waals surface area contributed by atoms with Gasteiger partial charge >= 0.3 is 0 Å². The summed E-state index contributed by atoms with van der Waals surface area (Å²) in [5, 5.41) is 2.90. The lowest BCUT2D eigenvalue weighted by atomic mass is 10.6. The highest BCUT2D eigenvalue weighted by molar-refractivity contribution is 7.76. The van der Waals surface area contributed by atoms with Gasteiger partial charge in [-0.3, -0.25) is 4.55 Å². The van der Waals surface area contributed by atoms with Gasteiger partial charge in [-0.15, -0.1) is 0 Å². The molecule has 12 heavy (non-hydrogen) atoms. The normalized spacial score (nSPS) is 12.2. The maximum Gasteiger partial charge on any atom is 0.234 e. The minimum atomic E-state index is -1.81. The lowest BCUT2D eigenvalue weighted by Crippen LogP contribution is -2.31. The minimum absolute atomic E-state index is 0.602. The van der Waals surface area contributed by atoms with Crippen LogP contribution in [0.5, 0.6) is 0 Å². The van der Waals surface area contributed by atoms with Gasteiger partial charge in [0.05, 0.1) is 0 Å². The van der Waals surface area contributed by atoms with Crippen LogP contribution < -0.4 is 5.32 Å². The summed E-state index contributed by atoms with van der Waals surface area (Å²) in [6, 6.07) is 0. The molecule has 2 N–H and O–H groups in total. The van der Waals surface area contributed by atoms with Crippen LogP contribution in [0, 0.1) is 0 Å². The molecule has 0 aliphatic carbocycles. The Labute approximate surface area is 77.8 Å². The monoisotopic (exact) mass is 196 g/mol. The van der Waals surface area contributed by atoms with Gasteiger partial charge in [-0.1, -0.05) is 20.8 Å². The standard InChI is InChI=1S/C5H14N2O2S.C2H6/c1-3-7(10(8)9)5-4-6-2;1-2/h6H,3-5H2,1-2H3,(H,8,9);1-2H3. The molecule has 5 heteroatoms. The van der Waals surface area contributed by atoms with E-state index in [9.17, 15) is 4.21 Å². The van der Waals surface area contributed by atoms with Gasteiger partial charge in [0, 0.05) is 19.6 Å². The molecule has 0 aromatic carbocycles. The molecule has 1 atom stereocenters. The van der Waals surface area contributed by atoms with E-state index in [0.29, 0.717) is 13.1 Å². The van der Waals surface area contributed by atoms with E-state index in [1.807, 2.05) is 27.8 Å². The van der Waals surface area contributed by atoms with E-state index < -0.39 is 11.3 Å². The molecule has 0 amide bonds. The fourth-order valence-electron chi connectivity index (χ4n) is 0.583. The van der Waals surface area contributed by atoms with Gasteiger partial charge in [0.1, 0.15) is 0 Å². The summed E-state index contributed by atoms with van der Waals surface area (Å²) in [7, 11) is 1.81. The van der Waals surface area contributed by atoms with Gasteiger partial charge in [-0.2, -0.15) is 0 Å². The van der Waals surface area contributed by atoms with E-state index in [1.54, 1.807) is 0 Å². The summed E-state index contributed by atoms with van der Waals surface area (Å²) in [5.41, 5.74) is 0. The quantitative estimate of drug-likeness (QED) is 0.636. The lowest BCUT2D eigenvalue weighted by molar-refractivity contribution is 0.410. The summed E-state index contributed by atoms with van der Waals surface area (Å²) in [5.74, 6) is 0. The van der Waals surface area contributed by atoms with Crippen LogP contribution >= 0.6 is 0 Å². The second kappa shape index (κ2) is 11.0. The molecule has 0 spiro atoms. The fraction of sp³-hybridized carbons (Fsp3) is 1.00. The summed E-state index contributed by atoms with van der Waals surface area (Å²) >= 11 is -1.81. The van der Waals surface area contributed by atoms with Crippen molar-refractivity contribution in [3.05, 3.63) is 0 Å². The van der Waals surface area contributed by atoms with Crippen LogP contribution in [0.15, 0.2) is 0 Å². The van der Waals surface area contributed by atoms with Crippen molar-refractivity contribution in [1.82, 2.24) is 9.62 Å². The average Bonchev–Trinajstić information content (AvgIpc) is 2.09. The minimum Gasteiger partial charge on any atom is -0.318 e. The van der Waals surface area contributed by atoms with Crippen LogP contribution in [0.2, 0.25) is 0 Å². The van der Waals surface area contributed by atoms with Crippen LogP contribution in [-0.4, -0.2) is 39.7 Å². The number of hydrogen-bond donors (Lipinski definition) is 2. The molecule has 0 fully saturated rings. The molecule has 0 saturated heterocycles. The second-order valence-corrected chi connectivity index (χ2v) is 2.83. The molecular formula is C7H20N2O2S. The lowest BCUT2D eigenvalue weighted by Gasteiger charge is -2.13. The molecule has 0 aromatic heterocycles. The third-order valence-electron chi connectivity index (χ3n) is 1.18. The molecule has 4 nitrogen and oxygen atoms in total. The van der Waals surface area contributed by atoms with Crippen molar-refractivity contribution in [2.45, 2.75) is 20.8 Å². The maximum atomic E-state index is 10.4. The van der Waals surface area contributed by atoms with Gasteiger partial charge in [-0.25, -0.2) is 8.51 Å². The molecule has 0 heterocycles. The highest BCUT2D eigenvalue weighted by Crippen LogP contribution is 1.88. The van der Waals surface area contributed by atoms with Crippen molar-refractivity contribution in [3.8, 4) is 0 Å². The Morgan fingerprint density at radius 1 is 1.50 bits per heavy atom. The first-order valence-electron chi connectivity index (χ1n) is 4.22. The van der Waals surface area contributed by atoms with Crippen LogP contribution in [0.4, 0.5) is 0 Å². The van der Waals surface area contributed by atoms with E-state index in [2.05, 4.69) is 5.32 Å². The Morgan fingerprint density at radius 3 is 2.25 bits per heavy atom. The van der Waals surface area contributed by atoms with Crippen molar-refractivity contribution in [2.75, 3.05) is 26.7 Å². The van der Waals surface area contributed by atoms with E-state index in [4.69, 9.17) is 4.55 Å². The predicted molar refractivity (Wildman–Crippen MR) is 53.3 cm³/mol. The van der Waals surface area contributed by atoms with Crippen molar-refractivity contribution >= 4 is 11.3 Å². The Hall–Kier alpha value is 0.0300. The molecule has 0 aliphatic heterocycles. The SMILES string of the molecule is CC.CCN(CCNC)S(=O)O. The van der Waals surface area contributed by atoms with Gasteiger partial charge in [0.2, 0.25) is 11.3 Å². The molecule has 0 saturated carbocycles. The summed E-state index contributed by atoms with van der Waals surface area (Å²) in [6.07, 6.45) is 0. The third-order valence-corrected chi connectivity index (χ3v) is 2.07. The number of nitrogens with zero attached hydrogens (tertiary/aromatic N) is 1. The van der Waals surface area contributed by atoms with Crippen LogP contribution in [0.1, 0.15) is 20.8 Å². The molecule has 0 radical (unpaired) electrons. The molecule has 0 aromatic rings. The largest absolute Gasteiger partial charge is 0.318 e. The maximum absolute atomic E-state index is 10.4. The van der Waals surface area contributed by atoms with Crippen LogP contribution in [0.25, 0.3) is 0 Å². The molecule has 0 bridgehead atoms. The zero-order valence-corrected chi connectivity index (χ0v) is 9.15.